The summed E-state index contributed by atoms with van der Waals surface area (Å²) in [4.78, 5) is 7.94. The molecule has 1 aromatic heterocycles. The van der Waals surface area contributed by atoms with Crippen molar-refractivity contribution in [1.29, 1.82) is 0 Å². The third-order valence-corrected chi connectivity index (χ3v) is 4.67. The van der Waals surface area contributed by atoms with Gasteiger partial charge in [0.15, 0.2) is 5.13 Å². The second-order valence-electron chi connectivity index (χ2n) is 4.96. The van der Waals surface area contributed by atoms with Crippen LogP contribution in [-0.4, -0.2) is 35.3 Å². The molecule has 18 heavy (non-hydrogen) atoms. The Balaban J connectivity index is 1.79. The molecule has 0 saturated heterocycles. The minimum absolute atomic E-state index is 0.438. The lowest BCUT2D eigenvalue weighted by Gasteiger charge is -2.36. The molecule has 2 N–H and O–H groups in total. The van der Waals surface area contributed by atoms with E-state index in [1.165, 1.54) is 4.88 Å². The van der Waals surface area contributed by atoms with E-state index in [1.807, 2.05) is 6.20 Å². The Morgan fingerprint density at radius 1 is 1.44 bits per heavy atom. The first-order valence-electron chi connectivity index (χ1n) is 6.79. The molecule has 1 aliphatic rings. The molecule has 0 aromatic carbocycles. The van der Waals surface area contributed by atoms with Crippen LogP contribution in [0.15, 0.2) is 6.20 Å². The van der Waals surface area contributed by atoms with Gasteiger partial charge in [-0.05, 0) is 33.1 Å². The van der Waals surface area contributed by atoms with E-state index < -0.39 is 5.60 Å². The SMILES string of the molecule is CCN(CC)c1ncc(CNCC2(O)CCC2)s1. The third kappa shape index (κ3) is 3.22. The Morgan fingerprint density at radius 2 is 2.17 bits per heavy atom. The van der Waals surface area contributed by atoms with Crippen LogP contribution in [0.4, 0.5) is 5.13 Å². The summed E-state index contributed by atoms with van der Waals surface area (Å²) in [6.07, 6.45) is 4.97. The van der Waals surface area contributed by atoms with Crippen LogP contribution < -0.4 is 10.2 Å². The number of aliphatic hydroxyl groups is 1. The first-order valence-corrected chi connectivity index (χ1v) is 7.61. The van der Waals surface area contributed by atoms with Crippen molar-refractivity contribution in [3.8, 4) is 0 Å². The van der Waals surface area contributed by atoms with E-state index in [1.54, 1.807) is 11.3 Å². The van der Waals surface area contributed by atoms with Crippen molar-refractivity contribution < 1.29 is 5.11 Å². The molecule has 0 unspecified atom stereocenters. The maximum atomic E-state index is 9.97. The van der Waals surface area contributed by atoms with E-state index in [2.05, 4.69) is 29.0 Å². The van der Waals surface area contributed by atoms with Gasteiger partial charge in [-0.1, -0.05) is 0 Å². The van der Waals surface area contributed by atoms with Crippen molar-refractivity contribution in [2.24, 2.45) is 0 Å². The Labute approximate surface area is 113 Å². The topological polar surface area (TPSA) is 48.4 Å². The molecule has 1 saturated carbocycles. The Bertz CT molecular complexity index is 372. The lowest BCUT2D eigenvalue weighted by Crippen LogP contribution is -2.45. The predicted octanol–water partition coefficient (Wildman–Crippen LogP) is 1.99. The average molecular weight is 269 g/mol. The van der Waals surface area contributed by atoms with E-state index in [4.69, 9.17) is 0 Å². The van der Waals surface area contributed by atoms with Crippen LogP contribution in [0.5, 0.6) is 0 Å². The summed E-state index contributed by atoms with van der Waals surface area (Å²) in [7, 11) is 0. The minimum atomic E-state index is -0.438. The number of hydrogen-bond acceptors (Lipinski definition) is 5. The van der Waals surface area contributed by atoms with Crippen LogP contribution >= 0.6 is 11.3 Å². The zero-order valence-electron chi connectivity index (χ0n) is 11.3. The first kappa shape index (κ1) is 13.8. The van der Waals surface area contributed by atoms with Crippen LogP contribution in [0.3, 0.4) is 0 Å². The summed E-state index contributed by atoms with van der Waals surface area (Å²) < 4.78 is 0. The van der Waals surface area contributed by atoms with Crippen LogP contribution in [0.1, 0.15) is 38.0 Å². The summed E-state index contributed by atoms with van der Waals surface area (Å²) in [5.41, 5.74) is -0.438. The van der Waals surface area contributed by atoms with Gasteiger partial charge in [-0.3, -0.25) is 0 Å². The zero-order valence-corrected chi connectivity index (χ0v) is 12.1. The highest BCUT2D eigenvalue weighted by atomic mass is 32.1. The zero-order chi connectivity index (χ0) is 13.0. The maximum Gasteiger partial charge on any atom is 0.185 e. The Kier molecular flexibility index (Phi) is 4.59. The number of anilines is 1. The molecule has 1 aliphatic carbocycles. The molecule has 0 atom stereocenters. The average Bonchev–Trinajstić information content (AvgIpc) is 2.77. The predicted molar refractivity (Wildman–Crippen MR) is 76.2 cm³/mol. The molecule has 102 valence electrons. The molecular formula is C13H23N3OS. The van der Waals surface area contributed by atoms with Gasteiger partial charge in [0.25, 0.3) is 0 Å². The second-order valence-corrected chi connectivity index (χ2v) is 6.06. The molecular weight excluding hydrogens is 246 g/mol. The molecule has 0 amide bonds. The highest BCUT2D eigenvalue weighted by molar-refractivity contribution is 7.15. The van der Waals surface area contributed by atoms with Gasteiger partial charge in [-0.15, -0.1) is 11.3 Å². The highest BCUT2D eigenvalue weighted by Gasteiger charge is 2.33. The smallest absolute Gasteiger partial charge is 0.185 e. The van der Waals surface area contributed by atoms with E-state index in [-0.39, 0.29) is 0 Å². The molecule has 5 heteroatoms. The van der Waals surface area contributed by atoms with Crippen molar-refractivity contribution in [3.63, 3.8) is 0 Å². The minimum Gasteiger partial charge on any atom is -0.389 e. The van der Waals surface area contributed by atoms with Crippen molar-refractivity contribution >= 4 is 16.5 Å². The molecule has 1 heterocycles. The Hall–Kier alpha value is -0.650. The van der Waals surface area contributed by atoms with Gasteiger partial charge >= 0.3 is 0 Å². The Morgan fingerprint density at radius 3 is 2.72 bits per heavy atom. The quantitative estimate of drug-likeness (QED) is 0.795. The van der Waals surface area contributed by atoms with E-state index >= 15 is 0 Å². The largest absolute Gasteiger partial charge is 0.389 e. The molecule has 2 rings (SSSR count). The standard InChI is InChI=1S/C13H23N3OS/c1-3-16(4-2)12-15-9-11(18-12)8-14-10-13(17)6-5-7-13/h9,14,17H,3-8,10H2,1-2H3. The fourth-order valence-corrected chi connectivity index (χ4v) is 3.21. The monoisotopic (exact) mass is 269 g/mol. The number of nitrogens with one attached hydrogen (secondary N) is 1. The third-order valence-electron chi connectivity index (χ3n) is 3.61. The van der Waals surface area contributed by atoms with Crippen molar-refractivity contribution in [2.75, 3.05) is 24.5 Å². The summed E-state index contributed by atoms with van der Waals surface area (Å²) in [5, 5.41) is 14.4. The van der Waals surface area contributed by atoms with Gasteiger partial charge in [0, 0.05) is 37.3 Å². The lowest BCUT2D eigenvalue weighted by atomic mass is 9.80. The summed E-state index contributed by atoms with van der Waals surface area (Å²) >= 11 is 1.74. The van der Waals surface area contributed by atoms with Crippen molar-refractivity contribution in [2.45, 2.75) is 45.3 Å². The van der Waals surface area contributed by atoms with E-state index in [0.717, 1.165) is 44.0 Å². The first-order chi connectivity index (χ1) is 8.67. The van der Waals surface area contributed by atoms with Crippen molar-refractivity contribution in [1.82, 2.24) is 10.3 Å². The molecule has 1 aromatic rings. The normalized spacial score (nSPS) is 17.5. The van der Waals surface area contributed by atoms with Crippen LogP contribution in [-0.2, 0) is 6.54 Å². The van der Waals surface area contributed by atoms with Gasteiger partial charge in [-0.2, -0.15) is 0 Å². The van der Waals surface area contributed by atoms with E-state index in [9.17, 15) is 5.11 Å². The second kappa shape index (κ2) is 5.99. The van der Waals surface area contributed by atoms with Crippen LogP contribution in [0.2, 0.25) is 0 Å². The van der Waals surface area contributed by atoms with Crippen LogP contribution in [0.25, 0.3) is 0 Å². The van der Waals surface area contributed by atoms with E-state index in [0.29, 0.717) is 6.54 Å². The van der Waals surface area contributed by atoms with Gasteiger partial charge in [0.05, 0.1) is 5.60 Å². The molecule has 0 radical (unpaired) electrons. The number of rotatable bonds is 7. The van der Waals surface area contributed by atoms with Gasteiger partial charge in [0.1, 0.15) is 0 Å². The molecule has 0 spiro atoms. The number of aromatic nitrogens is 1. The van der Waals surface area contributed by atoms with Gasteiger partial charge in [0.2, 0.25) is 0 Å². The fourth-order valence-electron chi connectivity index (χ4n) is 2.20. The molecule has 1 fully saturated rings. The molecule has 0 bridgehead atoms. The summed E-state index contributed by atoms with van der Waals surface area (Å²) in [5.74, 6) is 0. The number of nitrogens with zero attached hydrogens (tertiary/aromatic N) is 2. The number of thiazole rings is 1. The fraction of sp³-hybridized carbons (Fsp3) is 0.769. The van der Waals surface area contributed by atoms with Gasteiger partial charge < -0.3 is 15.3 Å². The summed E-state index contributed by atoms with van der Waals surface area (Å²) in [6, 6.07) is 0. The molecule has 0 aliphatic heterocycles. The van der Waals surface area contributed by atoms with Gasteiger partial charge in [-0.25, -0.2) is 4.98 Å². The van der Waals surface area contributed by atoms with Crippen molar-refractivity contribution in [3.05, 3.63) is 11.1 Å². The number of hydrogen-bond donors (Lipinski definition) is 2. The summed E-state index contributed by atoms with van der Waals surface area (Å²) in [6.45, 7) is 7.80. The lowest BCUT2D eigenvalue weighted by molar-refractivity contribution is -0.0314. The van der Waals surface area contributed by atoms with Crippen LogP contribution in [0, 0.1) is 0 Å². The maximum absolute atomic E-state index is 9.97. The molecule has 4 nitrogen and oxygen atoms in total. The highest BCUT2D eigenvalue weighted by Crippen LogP contribution is 2.30.